The summed E-state index contributed by atoms with van der Waals surface area (Å²) in [7, 11) is 0. The van der Waals surface area contributed by atoms with Crippen LogP contribution in [-0.4, -0.2) is 47.2 Å². The van der Waals surface area contributed by atoms with Crippen LogP contribution in [0.15, 0.2) is 0 Å². The maximum Gasteiger partial charge on any atom is 0.305 e. The van der Waals surface area contributed by atoms with Gasteiger partial charge in [-0.25, -0.2) is 0 Å². The zero-order valence-electron chi connectivity index (χ0n) is 12.4. The molecule has 0 aliphatic heterocycles. The molecule has 0 radical (unpaired) electrons. The first-order valence-electron chi connectivity index (χ1n) is 7.76. The molecular formula is C15H30O5. The van der Waals surface area contributed by atoms with Crippen LogP contribution in [0.5, 0.6) is 0 Å². The summed E-state index contributed by atoms with van der Waals surface area (Å²) in [5.41, 5.74) is 0. The smallest absolute Gasteiger partial charge is 0.305 e. The van der Waals surface area contributed by atoms with Gasteiger partial charge in [-0.1, -0.05) is 44.9 Å². The Bertz CT molecular complexity index is 220. The van der Waals surface area contributed by atoms with Crippen molar-refractivity contribution in [3.05, 3.63) is 0 Å². The molecule has 0 aliphatic carbocycles. The van der Waals surface area contributed by atoms with E-state index >= 15 is 0 Å². The highest BCUT2D eigenvalue weighted by atomic mass is 16.5. The van der Waals surface area contributed by atoms with Gasteiger partial charge in [0, 0.05) is 13.0 Å². The van der Waals surface area contributed by atoms with E-state index in [1.54, 1.807) is 0 Å². The first kappa shape index (κ1) is 19.4. The number of aliphatic hydroxyl groups is 3. The maximum absolute atomic E-state index is 11.3. The molecule has 0 bridgehead atoms. The lowest BCUT2D eigenvalue weighted by molar-refractivity contribution is -0.147. The Morgan fingerprint density at radius 2 is 1.35 bits per heavy atom. The molecule has 0 aliphatic rings. The number of esters is 1. The third-order valence-corrected chi connectivity index (χ3v) is 3.19. The van der Waals surface area contributed by atoms with Gasteiger partial charge in [0.1, 0.15) is 12.7 Å². The Hall–Kier alpha value is -0.650. The van der Waals surface area contributed by atoms with Crippen LogP contribution in [-0.2, 0) is 9.53 Å². The van der Waals surface area contributed by atoms with Crippen LogP contribution in [0.4, 0.5) is 0 Å². The summed E-state index contributed by atoms with van der Waals surface area (Å²) in [6, 6.07) is 0. The number of rotatable bonds is 14. The minimum Gasteiger partial charge on any atom is -0.463 e. The first-order chi connectivity index (χ1) is 9.70. The lowest BCUT2D eigenvalue weighted by Crippen LogP contribution is -2.21. The summed E-state index contributed by atoms with van der Waals surface area (Å²) < 4.78 is 4.81. The number of hydrogen-bond acceptors (Lipinski definition) is 5. The number of carbonyl (C=O) groups is 1. The molecule has 0 saturated carbocycles. The van der Waals surface area contributed by atoms with Gasteiger partial charge in [0.05, 0.1) is 6.61 Å². The van der Waals surface area contributed by atoms with Crippen LogP contribution in [0.3, 0.4) is 0 Å². The molecule has 1 unspecified atom stereocenters. The average Bonchev–Trinajstić information content (AvgIpc) is 2.46. The van der Waals surface area contributed by atoms with Crippen LogP contribution < -0.4 is 0 Å². The summed E-state index contributed by atoms with van der Waals surface area (Å²) in [4.78, 5) is 11.3. The van der Waals surface area contributed by atoms with E-state index in [9.17, 15) is 4.79 Å². The fourth-order valence-electron chi connectivity index (χ4n) is 1.93. The van der Waals surface area contributed by atoms with Crippen molar-refractivity contribution in [1.82, 2.24) is 0 Å². The first-order valence-corrected chi connectivity index (χ1v) is 7.76. The number of ether oxygens (including phenoxy) is 1. The van der Waals surface area contributed by atoms with Gasteiger partial charge in [-0.3, -0.25) is 4.79 Å². The fourth-order valence-corrected chi connectivity index (χ4v) is 1.93. The van der Waals surface area contributed by atoms with E-state index < -0.39 is 6.10 Å². The summed E-state index contributed by atoms with van der Waals surface area (Å²) in [5, 5.41) is 26.2. The van der Waals surface area contributed by atoms with E-state index in [1.807, 2.05) is 0 Å². The Labute approximate surface area is 122 Å². The number of aliphatic hydroxyl groups excluding tert-OH is 3. The van der Waals surface area contributed by atoms with Crippen LogP contribution in [0.2, 0.25) is 0 Å². The third-order valence-electron chi connectivity index (χ3n) is 3.19. The van der Waals surface area contributed by atoms with Crippen LogP contribution in [0.25, 0.3) is 0 Å². The van der Waals surface area contributed by atoms with Crippen LogP contribution >= 0.6 is 0 Å². The highest BCUT2D eigenvalue weighted by Crippen LogP contribution is 2.10. The minimum absolute atomic E-state index is 0.122. The van der Waals surface area contributed by atoms with Crippen molar-refractivity contribution in [1.29, 1.82) is 0 Å². The molecule has 0 saturated heterocycles. The Morgan fingerprint density at radius 1 is 0.850 bits per heavy atom. The minimum atomic E-state index is -0.968. The zero-order valence-corrected chi connectivity index (χ0v) is 12.4. The standard InChI is InChI=1S/C15H30O5/c16-11-9-7-5-3-1-2-4-6-8-10-15(19)20-13-14(18)12-17/h14,16-18H,1-13H2. The van der Waals surface area contributed by atoms with Gasteiger partial charge in [-0.2, -0.15) is 0 Å². The van der Waals surface area contributed by atoms with Crippen molar-refractivity contribution in [2.75, 3.05) is 19.8 Å². The summed E-state index contributed by atoms with van der Waals surface area (Å²) in [6.45, 7) is -0.208. The Kier molecular flexibility index (Phi) is 14.3. The van der Waals surface area contributed by atoms with E-state index in [-0.39, 0.29) is 19.2 Å². The SMILES string of the molecule is O=C(CCCCCCCCCCCO)OCC(O)CO. The molecule has 0 amide bonds. The number of unbranched alkanes of at least 4 members (excludes halogenated alkanes) is 8. The fraction of sp³-hybridized carbons (Fsp3) is 0.933. The average molecular weight is 290 g/mol. The topological polar surface area (TPSA) is 87.0 Å². The van der Waals surface area contributed by atoms with Gasteiger partial charge in [-0.05, 0) is 12.8 Å². The summed E-state index contributed by atoms with van der Waals surface area (Å²) in [6.07, 6.45) is 9.24. The molecule has 0 heterocycles. The van der Waals surface area contributed by atoms with E-state index in [4.69, 9.17) is 20.1 Å². The second-order valence-corrected chi connectivity index (χ2v) is 5.17. The van der Waals surface area contributed by atoms with Crippen molar-refractivity contribution >= 4 is 5.97 Å². The summed E-state index contributed by atoms with van der Waals surface area (Å²) in [5.74, 6) is -0.304. The predicted octanol–water partition coefficient (Wildman–Crippen LogP) is 1.78. The molecule has 20 heavy (non-hydrogen) atoms. The van der Waals surface area contributed by atoms with E-state index in [1.165, 1.54) is 25.7 Å². The van der Waals surface area contributed by atoms with Crippen LogP contribution in [0, 0.1) is 0 Å². The van der Waals surface area contributed by atoms with Gasteiger partial charge in [0.15, 0.2) is 0 Å². The molecule has 5 nitrogen and oxygen atoms in total. The number of carbonyl (C=O) groups excluding carboxylic acids is 1. The maximum atomic E-state index is 11.3. The quantitative estimate of drug-likeness (QED) is 0.335. The lowest BCUT2D eigenvalue weighted by atomic mass is 10.1. The van der Waals surface area contributed by atoms with E-state index in [2.05, 4.69) is 0 Å². The molecule has 0 aromatic carbocycles. The van der Waals surface area contributed by atoms with Gasteiger partial charge in [-0.15, -0.1) is 0 Å². The largest absolute Gasteiger partial charge is 0.463 e. The normalized spacial score (nSPS) is 12.3. The molecule has 120 valence electrons. The third kappa shape index (κ3) is 13.8. The molecule has 1 atom stereocenters. The van der Waals surface area contributed by atoms with E-state index in [0.29, 0.717) is 13.0 Å². The monoisotopic (exact) mass is 290 g/mol. The lowest BCUT2D eigenvalue weighted by Gasteiger charge is -2.08. The van der Waals surface area contributed by atoms with Gasteiger partial charge >= 0.3 is 5.97 Å². The molecular weight excluding hydrogens is 260 g/mol. The van der Waals surface area contributed by atoms with E-state index in [0.717, 1.165) is 32.1 Å². The van der Waals surface area contributed by atoms with Gasteiger partial charge in [0.25, 0.3) is 0 Å². The summed E-state index contributed by atoms with van der Waals surface area (Å²) >= 11 is 0. The molecule has 0 spiro atoms. The molecule has 0 aromatic heterocycles. The molecule has 0 fully saturated rings. The molecule has 0 rings (SSSR count). The van der Waals surface area contributed by atoms with Crippen molar-refractivity contribution in [3.63, 3.8) is 0 Å². The van der Waals surface area contributed by atoms with Crippen molar-refractivity contribution < 1.29 is 24.9 Å². The zero-order chi connectivity index (χ0) is 15.1. The predicted molar refractivity (Wildman–Crippen MR) is 77.3 cm³/mol. The Morgan fingerprint density at radius 3 is 1.85 bits per heavy atom. The highest BCUT2D eigenvalue weighted by Gasteiger charge is 2.07. The van der Waals surface area contributed by atoms with Crippen LogP contribution in [0.1, 0.15) is 64.2 Å². The van der Waals surface area contributed by atoms with Crippen molar-refractivity contribution in [3.8, 4) is 0 Å². The molecule has 3 N–H and O–H groups in total. The highest BCUT2D eigenvalue weighted by molar-refractivity contribution is 5.69. The molecule has 5 heteroatoms. The van der Waals surface area contributed by atoms with Gasteiger partial charge < -0.3 is 20.1 Å². The number of hydrogen-bond donors (Lipinski definition) is 3. The molecule has 0 aromatic rings. The second kappa shape index (κ2) is 14.8. The second-order valence-electron chi connectivity index (χ2n) is 5.17. The van der Waals surface area contributed by atoms with Crippen molar-refractivity contribution in [2.45, 2.75) is 70.3 Å². The Balaban J connectivity index is 3.17. The van der Waals surface area contributed by atoms with Gasteiger partial charge in [0.2, 0.25) is 0 Å². The van der Waals surface area contributed by atoms with Crippen molar-refractivity contribution in [2.24, 2.45) is 0 Å².